The molecule has 1 heterocycles. The first kappa shape index (κ1) is 15.7. The largest absolute Gasteiger partial charge is 0.508 e. The average molecular weight is 324 g/mol. The molecule has 1 unspecified atom stereocenters. The van der Waals surface area contributed by atoms with Gasteiger partial charge in [0.15, 0.2) is 5.78 Å². The van der Waals surface area contributed by atoms with Crippen LogP contribution in [0.3, 0.4) is 0 Å². The van der Waals surface area contributed by atoms with E-state index in [9.17, 15) is 19.8 Å². The Morgan fingerprint density at radius 1 is 1.17 bits per heavy atom. The highest BCUT2D eigenvalue weighted by atomic mass is 16.3. The van der Waals surface area contributed by atoms with Gasteiger partial charge < -0.3 is 10.2 Å². The van der Waals surface area contributed by atoms with E-state index in [-0.39, 0.29) is 29.4 Å². The molecule has 24 heavy (non-hydrogen) atoms. The van der Waals surface area contributed by atoms with Crippen LogP contribution in [0.1, 0.15) is 23.7 Å². The quantitative estimate of drug-likeness (QED) is 0.668. The maximum absolute atomic E-state index is 12.6. The fraction of sp³-hybridized carbons (Fsp3) is 0.167. The second-order valence-electron chi connectivity index (χ2n) is 5.61. The number of benzene rings is 2. The van der Waals surface area contributed by atoms with E-state index in [0.717, 1.165) is 0 Å². The predicted octanol–water partition coefficient (Wildman–Crippen LogP) is 2.71. The lowest BCUT2D eigenvalue weighted by Gasteiger charge is -2.14. The van der Waals surface area contributed by atoms with Gasteiger partial charge in [0.25, 0.3) is 5.91 Å². The van der Waals surface area contributed by atoms with Gasteiger partial charge in [0.2, 0.25) is 0 Å². The monoisotopic (exact) mass is 324 g/mol. The number of hydrogen-bond donors (Lipinski definition) is 2. The standard InChI is InChI=1S/C18H16N2O4/c1-11-14(10-17(23)15-9-13(21)7-8-16(15)22)18(24)20(19-11)12-5-3-2-4-6-12/h2-9,14,21-22H,10H2,1H3. The third kappa shape index (κ3) is 2.86. The van der Waals surface area contributed by atoms with E-state index in [1.54, 1.807) is 31.2 Å². The van der Waals surface area contributed by atoms with Gasteiger partial charge >= 0.3 is 0 Å². The fourth-order valence-corrected chi connectivity index (χ4v) is 2.63. The number of rotatable bonds is 4. The predicted molar refractivity (Wildman–Crippen MR) is 89.2 cm³/mol. The van der Waals surface area contributed by atoms with Crippen molar-refractivity contribution in [2.24, 2.45) is 11.0 Å². The van der Waals surface area contributed by atoms with E-state index in [2.05, 4.69) is 5.10 Å². The van der Waals surface area contributed by atoms with E-state index in [4.69, 9.17) is 0 Å². The molecule has 2 aromatic carbocycles. The zero-order chi connectivity index (χ0) is 17.3. The number of amides is 1. The highest BCUT2D eigenvalue weighted by Crippen LogP contribution is 2.29. The normalized spacial score (nSPS) is 17.0. The molecular weight excluding hydrogens is 308 g/mol. The maximum atomic E-state index is 12.6. The van der Waals surface area contributed by atoms with E-state index >= 15 is 0 Å². The van der Waals surface area contributed by atoms with E-state index in [0.29, 0.717) is 11.4 Å². The van der Waals surface area contributed by atoms with Crippen molar-refractivity contribution in [3.05, 3.63) is 54.1 Å². The molecule has 2 aromatic rings. The molecule has 6 nitrogen and oxygen atoms in total. The number of nitrogens with zero attached hydrogens (tertiary/aromatic N) is 2. The summed E-state index contributed by atoms with van der Waals surface area (Å²) in [5.41, 5.74) is 1.17. The second kappa shape index (κ2) is 6.16. The molecule has 1 aliphatic rings. The van der Waals surface area contributed by atoms with Gasteiger partial charge in [-0.05, 0) is 37.3 Å². The zero-order valence-electron chi connectivity index (χ0n) is 13.0. The molecule has 0 spiro atoms. The van der Waals surface area contributed by atoms with E-state index in [1.807, 2.05) is 6.07 Å². The first-order chi connectivity index (χ1) is 11.5. The van der Waals surface area contributed by atoms with Crippen LogP contribution in [0.4, 0.5) is 5.69 Å². The number of hydrazone groups is 1. The molecular formula is C18H16N2O4. The first-order valence-corrected chi connectivity index (χ1v) is 7.46. The number of carbonyl (C=O) groups is 2. The van der Waals surface area contributed by atoms with Crippen LogP contribution < -0.4 is 5.01 Å². The minimum absolute atomic E-state index is 0.00578. The van der Waals surface area contributed by atoms with Crippen LogP contribution in [0.25, 0.3) is 0 Å². The molecule has 0 saturated carbocycles. The summed E-state index contributed by atoms with van der Waals surface area (Å²) in [6, 6.07) is 12.7. The van der Waals surface area contributed by atoms with Crippen LogP contribution in [0, 0.1) is 5.92 Å². The summed E-state index contributed by atoms with van der Waals surface area (Å²) in [7, 11) is 0. The van der Waals surface area contributed by atoms with E-state index in [1.165, 1.54) is 23.2 Å². The van der Waals surface area contributed by atoms with Gasteiger partial charge in [-0.1, -0.05) is 18.2 Å². The van der Waals surface area contributed by atoms with Crippen molar-refractivity contribution in [1.29, 1.82) is 0 Å². The molecule has 0 aliphatic carbocycles. The number of ketones is 1. The fourth-order valence-electron chi connectivity index (χ4n) is 2.63. The Morgan fingerprint density at radius 2 is 1.88 bits per heavy atom. The SMILES string of the molecule is CC1=NN(c2ccccc2)C(=O)C1CC(=O)c1cc(O)ccc1O. The van der Waals surface area contributed by atoms with Crippen LogP contribution in [0.5, 0.6) is 11.5 Å². The van der Waals surface area contributed by atoms with Crippen LogP contribution in [0.2, 0.25) is 0 Å². The van der Waals surface area contributed by atoms with Gasteiger partial charge in [-0.2, -0.15) is 5.10 Å². The van der Waals surface area contributed by atoms with Gasteiger partial charge in [-0.15, -0.1) is 0 Å². The Balaban J connectivity index is 1.81. The lowest BCUT2D eigenvalue weighted by Crippen LogP contribution is -2.28. The van der Waals surface area contributed by atoms with Crippen molar-refractivity contribution >= 4 is 23.1 Å². The first-order valence-electron chi connectivity index (χ1n) is 7.46. The van der Waals surface area contributed by atoms with Gasteiger partial charge in [-0.25, -0.2) is 5.01 Å². The molecule has 0 radical (unpaired) electrons. The molecule has 6 heteroatoms. The van der Waals surface area contributed by atoms with Crippen molar-refractivity contribution in [3.63, 3.8) is 0 Å². The minimum atomic E-state index is -0.681. The summed E-state index contributed by atoms with van der Waals surface area (Å²) >= 11 is 0. The zero-order valence-corrected chi connectivity index (χ0v) is 13.0. The molecule has 122 valence electrons. The van der Waals surface area contributed by atoms with E-state index < -0.39 is 11.7 Å². The lowest BCUT2D eigenvalue weighted by atomic mass is 9.94. The Bertz CT molecular complexity index is 830. The summed E-state index contributed by atoms with van der Waals surface area (Å²) in [5.74, 6) is -1.74. The highest BCUT2D eigenvalue weighted by Gasteiger charge is 2.36. The molecule has 1 aliphatic heterocycles. The van der Waals surface area contributed by atoms with Crippen LogP contribution in [-0.2, 0) is 4.79 Å². The van der Waals surface area contributed by atoms with Gasteiger partial charge in [-0.3, -0.25) is 9.59 Å². The van der Waals surface area contributed by atoms with Crippen molar-refractivity contribution in [2.75, 3.05) is 5.01 Å². The Hall–Kier alpha value is -3.15. The number of hydrogen-bond acceptors (Lipinski definition) is 5. The summed E-state index contributed by atoms with van der Waals surface area (Å²) in [4.78, 5) is 25.0. The lowest BCUT2D eigenvalue weighted by molar-refractivity contribution is -0.119. The summed E-state index contributed by atoms with van der Waals surface area (Å²) < 4.78 is 0. The molecule has 0 aromatic heterocycles. The Kier molecular flexibility index (Phi) is 4.04. The van der Waals surface area contributed by atoms with Crippen LogP contribution >= 0.6 is 0 Å². The van der Waals surface area contributed by atoms with Gasteiger partial charge in [0, 0.05) is 12.1 Å². The van der Waals surface area contributed by atoms with Crippen molar-refractivity contribution in [3.8, 4) is 11.5 Å². The smallest absolute Gasteiger partial charge is 0.256 e. The molecule has 2 N–H and O–H groups in total. The van der Waals surface area contributed by atoms with Crippen molar-refractivity contribution < 1.29 is 19.8 Å². The Morgan fingerprint density at radius 3 is 2.58 bits per heavy atom. The van der Waals surface area contributed by atoms with Gasteiger partial charge in [0.05, 0.1) is 17.2 Å². The number of phenolic OH excluding ortho intramolecular Hbond substituents is 2. The molecule has 0 bridgehead atoms. The number of aromatic hydroxyl groups is 2. The number of anilines is 1. The summed E-state index contributed by atoms with van der Waals surface area (Å²) in [5, 5.41) is 24.8. The highest BCUT2D eigenvalue weighted by molar-refractivity contribution is 6.17. The number of carbonyl (C=O) groups excluding carboxylic acids is 2. The van der Waals surface area contributed by atoms with Crippen molar-refractivity contribution in [1.82, 2.24) is 0 Å². The number of Topliss-reactive ketones (excluding diaryl/α,β-unsaturated/α-hetero) is 1. The molecule has 1 amide bonds. The Labute approximate surface area is 138 Å². The van der Waals surface area contributed by atoms with Gasteiger partial charge in [0.1, 0.15) is 11.5 Å². The number of para-hydroxylation sites is 1. The topological polar surface area (TPSA) is 90.2 Å². The third-order valence-electron chi connectivity index (χ3n) is 3.94. The molecule has 3 rings (SSSR count). The minimum Gasteiger partial charge on any atom is -0.508 e. The van der Waals surface area contributed by atoms with Crippen LogP contribution in [-0.4, -0.2) is 27.6 Å². The summed E-state index contributed by atoms with van der Waals surface area (Å²) in [6.07, 6.45) is -0.117. The summed E-state index contributed by atoms with van der Waals surface area (Å²) in [6.45, 7) is 1.70. The molecule has 1 atom stereocenters. The molecule has 0 saturated heterocycles. The third-order valence-corrected chi connectivity index (χ3v) is 3.94. The van der Waals surface area contributed by atoms with Crippen LogP contribution in [0.15, 0.2) is 53.6 Å². The average Bonchev–Trinajstić information content (AvgIpc) is 2.86. The molecule has 0 fully saturated rings. The second-order valence-corrected chi connectivity index (χ2v) is 5.61. The maximum Gasteiger partial charge on any atom is 0.256 e. The number of phenols is 2. The van der Waals surface area contributed by atoms with Crippen molar-refractivity contribution in [2.45, 2.75) is 13.3 Å².